The quantitative estimate of drug-likeness (QED) is 0.800. The molecule has 4 rings (SSSR count). The molecule has 0 saturated carbocycles. The number of piperidine rings is 1. The molecule has 1 aliphatic rings. The van der Waals surface area contributed by atoms with Crippen LogP contribution in [0.15, 0.2) is 48.7 Å². The van der Waals surface area contributed by atoms with E-state index in [4.69, 9.17) is 0 Å². The van der Waals surface area contributed by atoms with Crippen molar-refractivity contribution < 1.29 is 0 Å². The van der Waals surface area contributed by atoms with Gasteiger partial charge in [0.1, 0.15) is 5.82 Å². The molecule has 0 aliphatic carbocycles. The van der Waals surface area contributed by atoms with E-state index in [1.165, 1.54) is 5.69 Å². The van der Waals surface area contributed by atoms with E-state index in [0.29, 0.717) is 6.04 Å². The number of nitrogens with one attached hydrogen (secondary N) is 1. The van der Waals surface area contributed by atoms with E-state index >= 15 is 0 Å². The topological polar surface area (TPSA) is 45.5 Å². The minimum Gasteiger partial charge on any atom is -0.371 e. The van der Waals surface area contributed by atoms with Gasteiger partial charge in [0.05, 0.1) is 6.20 Å². The zero-order chi connectivity index (χ0) is 16.4. The lowest BCUT2D eigenvalue weighted by molar-refractivity contribution is 0.524. The molecule has 5 heteroatoms. The lowest BCUT2D eigenvalue weighted by Crippen LogP contribution is -2.39. The Balaban J connectivity index is 1.47. The minimum atomic E-state index is 0.476. The molecule has 2 aromatic heterocycles. The predicted octanol–water partition coefficient (Wildman–Crippen LogP) is 3.37. The average Bonchev–Trinajstić information content (AvgIpc) is 3.12. The van der Waals surface area contributed by atoms with Gasteiger partial charge >= 0.3 is 0 Å². The van der Waals surface area contributed by atoms with Crippen molar-refractivity contribution in [2.45, 2.75) is 32.2 Å². The summed E-state index contributed by atoms with van der Waals surface area (Å²) in [5.74, 6) is 1.06. The van der Waals surface area contributed by atoms with Gasteiger partial charge in [-0.05, 0) is 31.4 Å². The third-order valence-corrected chi connectivity index (χ3v) is 4.74. The number of hydrogen-bond donors (Lipinski definition) is 1. The lowest BCUT2D eigenvalue weighted by Gasteiger charge is -2.34. The van der Waals surface area contributed by atoms with Crippen molar-refractivity contribution in [1.82, 2.24) is 14.6 Å². The normalized spacial score (nSPS) is 15.8. The van der Waals surface area contributed by atoms with Gasteiger partial charge in [-0.3, -0.25) is 0 Å². The van der Waals surface area contributed by atoms with E-state index in [0.717, 1.165) is 49.5 Å². The third-order valence-electron chi connectivity index (χ3n) is 4.74. The minimum absolute atomic E-state index is 0.476. The molecule has 0 unspecified atom stereocenters. The molecule has 24 heavy (non-hydrogen) atoms. The van der Waals surface area contributed by atoms with E-state index in [2.05, 4.69) is 63.6 Å². The number of fused-ring (bicyclic) bond motifs is 1. The number of rotatable bonds is 4. The second-order valence-corrected chi connectivity index (χ2v) is 6.33. The van der Waals surface area contributed by atoms with E-state index in [1.54, 1.807) is 0 Å². The Bertz CT molecular complexity index is 803. The second-order valence-electron chi connectivity index (χ2n) is 6.33. The monoisotopic (exact) mass is 321 g/mol. The van der Waals surface area contributed by atoms with E-state index in [9.17, 15) is 0 Å². The first kappa shape index (κ1) is 15.0. The number of aryl methyl sites for hydroxylation is 1. The molecule has 0 spiro atoms. The van der Waals surface area contributed by atoms with Crippen LogP contribution in [0.1, 0.15) is 25.5 Å². The average molecular weight is 321 g/mol. The fraction of sp³-hybridized carbons (Fsp3) is 0.368. The van der Waals surface area contributed by atoms with Crippen LogP contribution >= 0.6 is 0 Å². The number of para-hydroxylation sites is 1. The summed E-state index contributed by atoms with van der Waals surface area (Å²) in [6.45, 7) is 4.29. The molecule has 1 aliphatic heterocycles. The van der Waals surface area contributed by atoms with Gasteiger partial charge < -0.3 is 10.2 Å². The molecule has 0 atom stereocenters. The Kier molecular flexibility index (Phi) is 4.07. The predicted molar refractivity (Wildman–Crippen MR) is 97.7 cm³/mol. The highest BCUT2D eigenvalue weighted by atomic mass is 15.3. The summed E-state index contributed by atoms with van der Waals surface area (Å²) >= 11 is 0. The molecule has 0 bridgehead atoms. The largest absolute Gasteiger partial charge is 0.371 e. The first-order valence-corrected chi connectivity index (χ1v) is 8.73. The van der Waals surface area contributed by atoms with Crippen LogP contribution in [0.4, 0.5) is 11.5 Å². The van der Waals surface area contributed by atoms with Crippen molar-refractivity contribution in [2.75, 3.05) is 23.3 Å². The summed E-state index contributed by atoms with van der Waals surface area (Å²) in [5, 5.41) is 8.09. The maximum atomic E-state index is 4.61. The Morgan fingerprint density at radius 1 is 1.12 bits per heavy atom. The molecular weight excluding hydrogens is 298 g/mol. The Morgan fingerprint density at radius 2 is 1.92 bits per heavy atom. The van der Waals surface area contributed by atoms with Crippen LogP contribution in [-0.4, -0.2) is 33.7 Å². The van der Waals surface area contributed by atoms with Crippen LogP contribution in [0.5, 0.6) is 0 Å². The van der Waals surface area contributed by atoms with Crippen LogP contribution in [-0.2, 0) is 6.42 Å². The summed E-state index contributed by atoms with van der Waals surface area (Å²) in [6, 6.07) is 15.2. The highest BCUT2D eigenvalue weighted by Gasteiger charge is 2.20. The molecule has 1 aromatic carbocycles. The van der Waals surface area contributed by atoms with Crippen molar-refractivity contribution in [3.05, 3.63) is 54.4 Å². The van der Waals surface area contributed by atoms with Crippen LogP contribution in [0.3, 0.4) is 0 Å². The zero-order valence-electron chi connectivity index (χ0n) is 14.0. The molecule has 3 aromatic rings. The van der Waals surface area contributed by atoms with Crippen LogP contribution in [0.25, 0.3) is 5.65 Å². The van der Waals surface area contributed by atoms with E-state index in [-0.39, 0.29) is 0 Å². The second kappa shape index (κ2) is 6.51. The molecule has 0 radical (unpaired) electrons. The molecule has 1 N–H and O–H groups in total. The molecule has 5 nitrogen and oxygen atoms in total. The number of aromatic nitrogens is 3. The van der Waals surface area contributed by atoms with Gasteiger partial charge in [-0.15, -0.1) is 0 Å². The number of nitrogens with zero attached hydrogens (tertiary/aromatic N) is 4. The highest BCUT2D eigenvalue weighted by molar-refractivity contribution is 5.50. The van der Waals surface area contributed by atoms with Crippen molar-refractivity contribution in [1.29, 1.82) is 0 Å². The fourth-order valence-electron chi connectivity index (χ4n) is 3.38. The number of anilines is 2. The van der Waals surface area contributed by atoms with E-state index in [1.807, 2.05) is 16.8 Å². The number of benzene rings is 1. The Hall–Kier alpha value is -2.56. The summed E-state index contributed by atoms with van der Waals surface area (Å²) in [5.41, 5.74) is 3.34. The van der Waals surface area contributed by atoms with Gasteiger partial charge in [-0.25, -0.2) is 4.98 Å². The molecule has 1 saturated heterocycles. The molecule has 124 valence electrons. The van der Waals surface area contributed by atoms with Gasteiger partial charge in [0.2, 0.25) is 0 Å². The van der Waals surface area contributed by atoms with Crippen LogP contribution < -0.4 is 10.2 Å². The molecule has 0 amide bonds. The summed E-state index contributed by atoms with van der Waals surface area (Å²) in [4.78, 5) is 7.08. The molecule has 1 fully saturated rings. The first-order chi connectivity index (χ1) is 11.8. The van der Waals surface area contributed by atoms with Gasteiger partial charge in [0.25, 0.3) is 0 Å². The SMILES string of the molecule is CCc1cc(NC2CCN(c3ccccc3)CC2)n2nccc2n1. The standard InChI is InChI=1S/C19H23N5/c1-2-15-14-19(24-18(21-15)8-11-20-24)22-16-9-12-23(13-10-16)17-6-4-3-5-7-17/h3-8,11,14,16,22H,2,9-10,12-13H2,1H3. The van der Waals surface area contributed by atoms with Crippen molar-refractivity contribution >= 4 is 17.2 Å². The van der Waals surface area contributed by atoms with E-state index < -0.39 is 0 Å². The third kappa shape index (κ3) is 2.94. The Labute approximate surface area is 142 Å². The first-order valence-electron chi connectivity index (χ1n) is 8.73. The molecule has 3 heterocycles. The van der Waals surface area contributed by atoms with Crippen molar-refractivity contribution in [2.24, 2.45) is 0 Å². The van der Waals surface area contributed by atoms with Crippen molar-refractivity contribution in [3.63, 3.8) is 0 Å². The highest BCUT2D eigenvalue weighted by Crippen LogP contribution is 2.22. The van der Waals surface area contributed by atoms with Crippen LogP contribution in [0.2, 0.25) is 0 Å². The smallest absolute Gasteiger partial charge is 0.157 e. The maximum absolute atomic E-state index is 4.61. The van der Waals surface area contributed by atoms with Gasteiger partial charge in [0, 0.05) is 42.6 Å². The molecular formula is C19H23N5. The van der Waals surface area contributed by atoms with Gasteiger partial charge in [-0.1, -0.05) is 25.1 Å². The van der Waals surface area contributed by atoms with Crippen molar-refractivity contribution in [3.8, 4) is 0 Å². The Morgan fingerprint density at radius 3 is 2.67 bits per heavy atom. The van der Waals surface area contributed by atoms with Gasteiger partial charge in [0.15, 0.2) is 5.65 Å². The zero-order valence-corrected chi connectivity index (χ0v) is 14.0. The lowest BCUT2D eigenvalue weighted by atomic mass is 10.0. The van der Waals surface area contributed by atoms with Gasteiger partial charge in [-0.2, -0.15) is 9.61 Å². The summed E-state index contributed by atoms with van der Waals surface area (Å²) < 4.78 is 1.91. The maximum Gasteiger partial charge on any atom is 0.157 e. The fourth-order valence-corrected chi connectivity index (χ4v) is 3.38. The number of hydrogen-bond acceptors (Lipinski definition) is 4. The van der Waals surface area contributed by atoms with Crippen LogP contribution in [0, 0.1) is 0 Å². The summed E-state index contributed by atoms with van der Waals surface area (Å²) in [6.07, 6.45) is 5.00. The summed E-state index contributed by atoms with van der Waals surface area (Å²) in [7, 11) is 0.